The van der Waals surface area contributed by atoms with Crippen molar-refractivity contribution in [3.05, 3.63) is 70.3 Å². The Balaban J connectivity index is 1.63. The van der Waals surface area contributed by atoms with Crippen LogP contribution in [0.3, 0.4) is 0 Å². The summed E-state index contributed by atoms with van der Waals surface area (Å²) in [5.74, 6) is 0.652. The summed E-state index contributed by atoms with van der Waals surface area (Å²) in [4.78, 5) is 26.5. The van der Waals surface area contributed by atoms with Crippen molar-refractivity contribution in [2.24, 2.45) is 11.7 Å². The number of benzene rings is 2. The Morgan fingerprint density at radius 2 is 1.71 bits per heavy atom. The number of aryl methyl sites for hydroxylation is 2. The molecule has 31 heavy (non-hydrogen) atoms. The normalized spacial score (nSPS) is 15.5. The molecule has 1 aliphatic rings. The molecule has 2 atom stereocenters. The van der Waals surface area contributed by atoms with E-state index in [-0.39, 0.29) is 11.9 Å². The molecule has 3 rings (SSSR count). The van der Waals surface area contributed by atoms with Gasteiger partial charge in [0.15, 0.2) is 0 Å². The summed E-state index contributed by atoms with van der Waals surface area (Å²) in [5, 5.41) is 3.18. The van der Waals surface area contributed by atoms with Crippen molar-refractivity contribution in [2.75, 3.05) is 20.6 Å². The predicted molar refractivity (Wildman–Crippen MR) is 125 cm³/mol. The molecule has 2 aromatic carbocycles. The molecule has 166 valence electrons. The van der Waals surface area contributed by atoms with Crippen LogP contribution in [0.2, 0.25) is 0 Å². The highest BCUT2D eigenvalue weighted by atomic mass is 16.1. The van der Waals surface area contributed by atoms with Crippen LogP contribution in [-0.4, -0.2) is 43.4 Å². The van der Waals surface area contributed by atoms with Gasteiger partial charge in [0.2, 0.25) is 11.8 Å². The lowest BCUT2D eigenvalue weighted by molar-refractivity contribution is -0.121. The zero-order chi connectivity index (χ0) is 22.5. The van der Waals surface area contributed by atoms with E-state index in [4.69, 9.17) is 5.73 Å². The Labute approximate surface area is 186 Å². The molecule has 0 unspecified atom stereocenters. The second-order valence-corrected chi connectivity index (χ2v) is 9.14. The fourth-order valence-corrected chi connectivity index (χ4v) is 4.39. The molecular formula is C26H35N3O2. The molecule has 1 aliphatic carbocycles. The van der Waals surface area contributed by atoms with Gasteiger partial charge in [0, 0.05) is 24.6 Å². The number of rotatable bonds is 10. The molecule has 5 heteroatoms. The topological polar surface area (TPSA) is 75.4 Å². The van der Waals surface area contributed by atoms with Gasteiger partial charge in [-0.1, -0.05) is 30.3 Å². The van der Waals surface area contributed by atoms with Crippen molar-refractivity contribution in [1.82, 2.24) is 10.2 Å². The van der Waals surface area contributed by atoms with Gasteiger partial charge in [-0.2, -0.15) is 0 Å². The minimum Gasteiger partial charge on any atom is -0.366 e. The van der Waals surface area contributed by atoms with Crippen molar-refractivity contribution in [2.45, 2.75) is 51.5 Å². The first kappa shape index (κ1) is 23.0. The number of hydrogen-bond donors (Lipinski definition) is 2. The van der Waals surface area contributed by atoms with Gasteiger partial charge in [0.05, 0.1) is 0 Å². The third-order valence-corrected chi connectivity index (χ3v) is 6.51. The Morgan fingerprint density at radius 3 is 2.23 bits per heavy atom. The Bertz CT molecular complexity index is 896. The number of nitrogens with zero attached hydrogens (tertiary/aromatic N) is 1. The largest absolute Gasteiger partial charge is 0.366 e. The lowest BCUT2D eigenvalue weighted by Gasteiger charge is -2.27. The van der Waals surface area contributed by atoms with Crippen LogP contribution in [-0.2, 0) is 11.2 Å². The second-order valence-electron chi connectivity index (χ2n) is 9.14. The van der Waals surface area contributed by atoms with Crippen LogP contribution in [0, 0.1) is 19.8 Å². The first-order chi connectivity index (χ1) is 14.8. The summed E-state index contributed by atoms with van der Waals surface area (Å²) in [6, 6.07) is 14.3. The van der Waals surface area contributed by atoms with E-state index < -0.39 is 5.91 Å². The molecule has 1 saturated carbocycles. The van der Waals surface area contributed by atoms with Gasteiger partial charge in [0.1, 0.15) is 0 Å². The van der Waals surface area contributed by atoms with Crippen LogP contribution < -0.4 is 11.1 Å². The van der Waals surface area contributed by atoms with Crippen molar-refractivity contribution >= 4 is 11.8 Å². The van der Waals surface area contributed by atoms with Gasteiger partial charge in [-0.3, -0.25) is 9.59 Å². The molecule has 0 heterocycles. The Hall–Kier alpha value is -2.66. The van der Waals surface area contributed by atoms with Crippen molar-refractivity contribution < 1.29 is 9.59 Å². The third-order valence-electron chi connectivity index (χ3n) is 6.51. The van der Waals surface area contributed by atoms with E-state index in [1.807, 2.05) is 46.1 Å². The molecule has 0 aliphatic heterocycles. The minimum atomic E-state index is -0.405. The maximum absolute atomic E-state index is 12.8. The number of hydrogen-bond acceptors (Lipinski definition) is 3. The zero-order valence-corrected chi connectivity index (χ0v) is 19.2. The number of amides is 2. The van der Waals surface area contributed by atoms with E-state index in [1.165, 1.54) is 24.0 Å². The monoisotopic (exact) mass is 421 g/mol. The van der Waals surface area contributed by atoms with Gasteiger partial charge >= 0.3 is 0 Å². The second kappa shape index (κ2) is 10.1. The average Bonchev–Trinajstić information content (AvgIpc) is 3.56. The fourth-order valence-electron chi connectivity index (χ4n) is 4.39. The minimum absolute atomic E-state index is 0.116. The standard InChI is InChI=1S/C26H35N3O2/c1-17-12-21(26(27)31)13-18(2)23(17)14-22(29(3)4)16-28-25(30)15-24(20-10-11-20)19-8-6-5-7-9-19/h5-9,12-13,20,22,24H,10-11,14-16H2,1-4H3,(H2,27,31)(H,28,30)/t22-,24-/m0/s1. The summed E-state index contributed by atoms with van der Waals surface area (Å²) in [6.45, 7) is 4.62. The first-order valence-corrected chi connectivity index (χ1v) is 11.1. The lowest BCUT2D eigenvalue weighted by atomic mass is 9.90. The summed E-state index contributed by atoms with van der Waals surface area (Å²) in [6.07, 6.45) is 3.77. The zero-order valence-electron chi connectivity index (χ0n) is 19.2. The average molecular weight is 422 g/mol. The number of carbonyl (C=O) groups excluding carboxylic acids is 2. The Kier molecular flexibility index (Phi) is 7.50. The van der Waals surface area contributed by atoms with Crippen LogP contribution in [0.25, 0.3) is 0 Å². The van der Waals surface area contributed by atoms with E-state index in [1.54, 1.807) is 0 Å². The van der Waals surface area contributed by atoms with Gasteiger partial charge in [-0.25, -0.2) is 0 Å². The van der Waals surface area contributed by atoms with Crippen LogP contribution >= 0.6 is 0 Å². The highest BCUT2D eigenvalue weighted by molar-refractivity contribution is 5.93. The quantitative estimate of drug-likeness (QED) is 0.616. The molecular weight excluding hydrogens is 386 g/mol. The lowest BCUT2D eigenvalue weighted by Crippen LogP contribution is -2.42. The molecule has 0 aromatic heterocycles. The van der Waals surface area contributed by atoms with E-state index in [0.29, 0.717) is 30.4 Å². The highest BCUT2D eigenvalue weighted by Crippen LogP contribution is 2.44. The van der Waals surface area contributed by atoms with E-state index >= 15 is 0 Å². The SMILES string of the molecule is Cc1cc(C(N)=O)cc(C)c1C[C@@H](CNC(=O)C[C@@H](c1ccccc1)C1CC1)N(C)C. The van der Waals surface area contributed by atoms with E-state index in [9.17, 15) is 9.59 Å². The smallest absolute Gasteiger partial charge is 0.248 e. The number of nitrogens with two attached hydrogens (primary N) is 1. The molecule has 0 radical (unpaired) electrons. The number of primary amides is 1. The molecule has 3 N–H and O–H groups in total. The van der Waals surface area contributed by atoms with E-state index in [2.05, 4.69) is 34.5 Å². The summed E-state index contributed by atoms with van der Waals surface area (Å²) in [7, 11) is 4.08. The van der Waals surface area contributed by atoms with Gasteiger partial charge in [-0.05, 0) is 93.4 Å². The van der Waals surface area contributed by atoms with Crippen LogP contribution in [0.4, 0.5) is 0 Å². The summed E-state index contributed by atoms with van der Waals surface area (Å²) in [5.41, 5.74) is 10.6. The number of nitrogens with one attached hydrogen (secondary N) is 1. The molecule has 0 spiro atoms. The van der Waals surface area contributed by atoms with Gasteiger partial charge < -0.3 is 16.0 Å². The molecule has 1 fully saturated rings. The maximum Gasteiger partial charge on any atom is 0.248 e. The Morgan fingerprint density at radius 1 is 1.10 bits per heavy atom. The predicted octanol–water partition coefficient (Wildman–Crippen LogP) is 3.58. The number of carbonyl (C=O) groups is 2. The van der Waals surface area contributed by atoms with Crippen molar-refractivity contribution in [3.63, 3.8) is 0 Å². The van der Waals surface area contributed by atoms with Gasteiger partial charge in [0.25, 0.3) is 0 Å². The molecule has 0 bridgehead atoms. The molecule has 0 saturated heterocycles. The maximum atomic E-state index is 12.8. The van der Waals surface area contributed by atoms with Crippen LogP contribution in [0.1, 0.15) is 57.8 Å². The van der Waals surface area contributed by atoms with Crippen molar-refractivity contribution in [3.8, 4) is 0 Å². The highest BCUT2D eigenvalue weighted by Gasteiger charge is 2.33. The van der Waals surface area contributed by atoms with Crippen molar-refractivity contribution in [1.29, 1.82) is 0 Å². The molecule has 2 aromatic rings. The van der Waals surface area contributed by atoms with E-state index in [0.717, 1.165) is 17.5 Å². The first-order valence-electron chi connectivity index (χ1n) is 11.1. The van der Waals surface area contributed by atoms with Crippen LogP contribution in [0.15, 0.2) is 42.5 Å². The molecule has 2 amide bonds. The molecule has 5 nitrogen and oxygen atoms in total. The summed E-state index contributed by atoms with van der Waals surface area (Å²) >= 11 is 0. The van der Waals surface area contributed by atoms with Crippen LogP contribution in [0.5, 0.6) is 0 Å². The summed E-state index contributed by atoms with van der Waals surface area (Å²) < 4.78 is 0. The third kappa shape index (κ3) is 6.17. The van der Waals surface area contributed by atoms with Gasteiger partial charge in [-0.15, -0.1) is 0 Å². The number of likely N-dealkylation sites (N-methyl/N-ethyl adjacent to an activating group) is 1. The fraction of sp³-hybridized carbons (Fsp3) is 0.462.